The Balaban J connectivity index is 1.14. The molecule has 0 spiro atoms. The van der Waals surface area contributed by atoms with E-state index >= 15 is 0 Å². The maximum atomic E-state index is 12.9. The Morgan fingerprint density at radius 3 is 2.55 bits per heavy atom. The predicted octanol–water partition coefficient (Wildman–Crippen LogP) is 5.70. The standard InChI is InChI=1S/C31H31BrN6O4/c1-31(2,3)42-30(40)36-12-9-23(10-13-36)41-24-17-33-28(34-18-24)21-6-4-5-20(15-21)19-38-27(39)11-14-37-26-16-22(32)7-8-25(26)35-29(37)38/h4-8,11,14-18,23H,9-10,12-13,19H2,1-3H3. The van der Waals surface area contributed by atoms with Gasteiger partial charge in [-0.1, -0.05) is 34.1 Å². The Hall–Kier alpha value is -4.25. The van der Waals surface area contributed by atoms with Crippen LogP contribution in [0.2, 0.25) is 0 Å². The fourth-order valence-corrected chi connectivity index (χ4v) is 5.41. The van der Waals surface area contributed by atoms with Crippen molar-refractivity contribution in [1.82, 2.24) is 28.8 Å². The molecule has 1 fully saturated rings. The van der Waals surface area contributed by atoms with Gasteiger partial charge in [0.2, 0.25) is 5.78 Å². The van der Waals surface area contributed by atoms with Crippen LogP contribution in [0.25, 0.3) is 28.2 Å². The third-order valence-electron chi connectivity index (χ3n) is 7.06. The average molecular weight is 632 g/mol. The summed E-state index contributed by atoms with van der Waals surface area (Å²) in [6.07, 6.45) is 6.21. The van der Waals surface area contributed by atoms with Crippen molar-refractivity contribution < 1.29 is 14.3 Å². The number of likely N-dealkylation sites (tertiary alicyclic amines) is 1. The van der Waals surface area contributed by atoms with Crippen molar-refractivity contribution >= 4 is 38.8 Å². The first-order chi connectivity index (χ1) is 20.1. The zero-order chi connectivity index (χ0) is 29.4. The highest BCUT2D eigenvalue weighted by Gasteiger charge is 2.27. The number of carbonyl (C=O) groups excluding carboxylic acids is 1. The number of nitrogens with zero attached hydrogens (tertiary/aromatic N) is 6. The summed E-state index contributed by atoms with van der Waals surface area (Å²) in [5, 5.41) is 0. The molecular formula is C31H31BrN6O4. The molecule has 0 N–H and O–H groups in total. The lowest BCUT2D eigenvalue weighted by molar-refractivity contribution is 0.0126. The number of imidazole rings is 1. The van der Waals surface area contributed by atoms with E-state index in [2.05, 4.69) is 25.9 Å². The molecule has 3 aromatic heterocycles. The number of rotatable bonds is 5. The Morgan fingerprint density at radius 2 is 1.81 bits per heavy atom. The number of halogens is 1. The first-order valence-corrected chi connectivity index (χ1v) is 14.7. The van der Waals surface area contributed by atoms with Crippen LogP contribution in [-0.4, -0.2) is 59.7 Å². The largest absolute Gasteiger partial charge is 0.487 e. The van der Waals surface area contributed by atoms with Gasteiger partial charge in [-0.2, -0.15) is 0 Å². The van der Waals surface area contributed by atoms with Crippen molar-refractivity contribution in [3.63, 3.8) is 0 Å². The van der Waals surface area contributed by atoms with E-state index in [1.54, 1.807) is 34.1 Å². The van der Waals surface area contributed by atoms with Crippen molar-refractivity contribution in [2.45, 2.75) is 51.9 Å². The van der Waals surface area contributed by atoms with Gasteiger partial charge in [0.15, 0.2) is 11.6 Å². The van der Waals surface area contributed by atoms with E-state index in [1.807, 2.05) is 67.6 Å². The highest BCUT2D eigenvalue weighted by molar-refractivity contribution is 9.10. The van der Waals surface area contributed by atoms with E-state index in [-0.39, 0.29) is 17.8 Å². The van der Waals surface area contributed by atoms with Crippen molar-refractivity contribution in [2.75, 3.05) is 13.1 Å². The summed E-state index contributed by atoms with van der Waals surface area (Å²) in [4.78, 5) is 40.7. The Morgan fingerprint density at radius 1 is 1.05 bits per heavy atom. The first kappa shape index (κ1) is 27.9. The van der Waals surface area contributed by atoms with Gasteiger partial charge >= 0.3 is 6.09 Å². The fraction of sp³-hybridized carbons (Fsp3) is 0.323. The van der Waals surface area contributed by atoms with Crippen LogP contribution in [0.1, 0.15) is 39.2 Å². The minimum Gasteiger partial charge on any atom is -0.487 e. The fourth-order valence-electron chi connectivity index (χ4n) is 5.06. The van der Waals surface area contributed by atoms with E-state index in [9.17, 15) is 9.59 Å². The number of carbonyl (C=O) groups is 1. The second-order valence-corrected chi connectivity index (χ2v) is 12.3. The number of aromatic nitrogens is 5. The molecule has 4 heterocycles. The van der Waals surface area contributed by atoms with Crippen LogP contribution in [0.15, 0.2) is 76.4 Å². The molecule has 42 heavy (non-hydrogen) atoms. The van der Waals surface area contributed by atoms with Crippen molar-refractivity contribution in [3.8, 4) is 17.1 Å². The van der Waals surface area contributed by atoms with Gasteiger partial charge in [0.05, 0.1) is 30.0 Å². The van der Waals surface area contributed by atoms with Gasteiger partial charge in [-0.15, -0.1) is 0 Å². The molecule has 10 nitrogen and oxygen atoms in total. The molecule has 6 rings (SSSR count). The van der Waals surface area contributed by atoms with Gasteiger partial charge in [-0.3, -0.25) is 13.8 Å². The molecule has 11 heteroatoms. The lowest BCUT2D eigenvalue weighted by Crippen LogP contribution is -2.44. The third kappa shape index (κ3) is 6.01. The summed E-state index contributed by atoms with van der Waals surface area (Å²) in [6, 6.07) is 15.2. The number of benzene rings is 2. The SMILES string of the molecule is CC(C)(C)OC(=O)N1CCC(Oc2cnc(-c3cccc(Cn4c(=O)ccn5c6cc(Br)ccc6nc45)c3)nc2)CC1. The molecule has 1 aliphatic heterocycles. The quantitative estimate of drug-likeness (QED) is 0.245. The van der Waals surface area contributed by atoms with Crippen LogP contribution >= 0.6 is 15.9 Å². The van der Waals surface area contributed by atoms with Gasteiger partial charge in [0.25, 0.3) is 5.56 Å². The summed E-state index contributed by atoms with van der Waals surface area (Å²) in [7, 11) is 0. The van der Waals surface area contributed by atoms with E-state index < -0.39 is 5.60 Å². The second-order valence-electron chi connectivity index (χ2n) is 11.4. The summed E-state index contributed by atoms with van der Waals surface area (Å²) in [5.74, 6) is 1.73. The minimum atomic E-state index is -0.512. The van der Waals surface area contributed by atoms with Gasteiger partial charge in [-0.25, -0.2) is 19.7 Å². The Bertz CT molecular complexity index is 1820. The lowest BCUT2D eigenvalue weighted by atomic mass is 10.1. The van der Waals surface area contributed by atoms with Crippen LogP contribution in [0.5, 0.6) is 5.75 Å². The molecule has 0 radical (unpaired) electrons. The van der Waals surface area contributed by atoms with E-state index in [0.717, 1.165) is 26.6 Å². The lowest BCUT2D eigenvalue weighted by Gasteiger charge is -2.33. The third-order valence-corrected chi connectivity index (χ3v) is 7.55. The maximum absolute atomic E-state index is 12.9. The second kappa shape index (κ2) is 11.2. The van der Waals surface area contributed by atoms with Crippen LogP contribution in [0, 0.1) is 0 Å². The maximum Gasteiger partial charge on any atom is 0.410 e. The van der Waals surface area contributed by atoms with Gasteiger partial charge in [-0.05, 0) is 50.6 Å². The molecule has 0 bridgehead atoms. The first-order valence-electron chi connectivity index (χ1n) is 13.9. The monoisotopic (exact) mass is 630 g/mol. The molecule has 2 aromatic carbocycles. The Labute approximate surface area is 251 Å². The molecule has 0 atom stereocenters. The highest BCUT2D eigenvalue weighted by atomic mass is 79.9. The molecule has 0 aliphatic carbocycles. The normalized spacial score (nSPS) is 14.4. The van der Waals surface area contributed by atoms with Crippen LogP contribution in [0.4, 0.5) is 4.79 Å². The zero-order valence-corrected chi connectivity index (χ0v) is 25.2. The summed E-state index contributed by atoms with van der Waals surface area (Å²) in [6.45, 7) is 7.10. The van der Waals surface area contributed by atoms with E-state index in [0.29, 0.717) is 49.8 Å². The van der Waals surface area contributed by atoms with E-state index in [1.165, 1.54) is 0 Å². The molecule has 1 aliphatic rings. The van der Waals surface area contributed by atoms with Gasteiger partial charge < -0.3 is 14.4 Å². The van der Waals surface area contributed by atoms with Crippen LogP contribution in [-0.2, 0) is 11.3 Å². The smallest absolute Gasteiger partial charge is 0.410 e. The zero-order valence-electron chi connectivity index (χ0n) is 23.7. The highest BCUT2D eigenvalue weighted by Crippen LogP contribution is 2.24. The Kier molecular flexibility index (Phi) is 7.44. The van der Waals surface area contributed by atoms with Gasteiger partial charge in [0, 0.05) is 48.2 Å². The average Bonchev–Trinajstić information content (AvgIpc) is 3.32. The molecule has 1 amide bonds. The number of hydrogen-bond donors (Lipinski definition) is 0. The van der Waals surface area contributed by atoms with Crippen LogP contribution in [0.3, 0.4) is 0 Å². The molecular weight excluding hydrogens is 600 g/mol. The number of hydrogen-bond acceptors (Lipinski definition) is 7. The molecule has 0 saturated carbocycles. The van der Waals surface area contributed by atoms with Crippen molar-refractivity contribution in [3.05, 3.63) is 87.5 Å². The number of amides is 1. The number of ether oxygens (including phenoxy) is 2. The van der Waals surface area contributed by atoms with Gasteiger partial charge in [0.1, 0.15) is 11.7 Å². The van der Waals surface area contributed by atoms with Crippen molar-refractivity contribution in [2.24, 2.45) is 0 Å². The molecule has 0 unspecified atom stereocenters. The predicted molar refractivity (Wildman–Crippen MR) is 163 cm³/mol. The summed E-state index contributed by atoms with van der Waals surface area (Å²) < 4.78 is 16.1. The molecule has 5 aromatic rings. The molecule has 1 saturated heterocycles. The molecule has 216 valence electrons. The van der Waals surface area contributed by atoms with Crippen LogP contribution < -0.4 is 10.3 Å². The van der Waals surface area contributed by atoms with Crippen molar-refractivity contribution in [1.29, 1.82) is 0 Å². The number of fused-ring (bicyclic) bond motifs is 3. The van der Waals surface area contributed by atoms with E-state index in [4.69, 9.17) is 14.5 Å². The summed E-state index contributed by atoms with van der Waals surface area (Å²) in [5.41, 5.74) is 2.86. The number of piperidine rings is 1. The topological polar surface area (TPSA) is 104 Å². The minimum absolute atomic E-state index is 0.0251. The summed E-state index contributed by atoms with van der Waals surface area (Å²) >= 11 is 3.52.